The second-order valence-electron chi connectivity index (χ2n) is 9.33. The Bertz CT molecular complexity index is 1760. The fourth-order valence-corrected chi connectivity index (χ4v) is 5.78. The maximum atomic E-state index is 13.7. The highest BCUT2D eigenvalue weighted by molar-refractivity contribution is 7.92. The minimum Gasteiger partial charge on any atom is -0.455 e. The van der Waals surface area contributed by atoms with Crippen molar-refractivity contribution in [3.05, 3.63) is 77.1 Å². The molecule has 12 heteroatoms. The van der Waals surface area contributed by atoms with Crippen molar-refractivity contribution in [1.82, 2.24) is 5.32 Å². The Hall–Kier alpha value is -4.18. The standard InChI is InChI=1S/C27H23BFN3O6S/c1-31-27(33)24-23-22(38-26(24)16-5-7-18(29)8-6-16)12-10-20(15-3-4-15)25(23)32(39(2,36)37)19-9-11-21(28(34)35)17(13-19)14-30/h5-13,15,34-35H,3-4H2,1-2H3,(H,31,33). The van der Waals surface area contributed by atoms with E-state index in [0.717, 1.165) is 23.4 Å². The van der Waals surface area contributed by atoms with E-state index in [1.807, 2.05) is 6.07 Å². The van der Waals surface area contributed by atoms with E-state index in [4.69, 9.17) is 4.42 Å². The molecule has 1 heterocycles. The highest BCUT2D eigenvalue weighted by Gasteiger charge is 2.36. The van der Waals surface area contributed by atoms with Crippen LogP contribution in [0, 0.1) is 17.1 Å². The van der Waals surface area contributed by atoms with Crippen molar-refractivity contribution in [3.63, 3.8) is 0 Å². The molecule has 1 aromatic heterocycles. The number of anilines is 2. The molecule has 5 rings (SSSR count). The molecule has 0 unspecified atom stereocenters. The van der Waals surface area contributed by atoms with Crippen LogP contribution in [0.1, 0.15) is 40.2 Å². The zero-order chi connectivity index (χ0) is 28.1. The highest BCUT2D eigenvalue weighted by atomic mass is 32.2. The van der Waals surface area contributed by atoms with Crippen LogP contribution in [0.3, 0.4) is 0 Å². The van der Waals surface area contributed by atoms with Gasteiger partial charge >= 0.3 is 7.12 Å². The third-order valence-electron chi connectivity index (χ3n) is 6.64. The van der Waals surface area contributed by atoms with Crippen molar-refractivity contribution < 1.29 is 32.1 Å². The number of furan rings is 1. The van der Waals surface area contributed by atoms with Gasteiger partial charge in [0.2, 0.25) is 10.0 Å². The average molecular weight is 547 g/mol. The van der Waals surface area contributed by atoms with Crippen molar-refractivity contribution in [2.45, 2.75) is 18.8 Å². The maximum absolute atomic E-state index is 13.7. The molecule has 1 amide bonds. The molecule has 0 bridgehead atoms. The molecule has 198 valence electrons. The Morgan fingerprint density at radius 2 is 1.85 bits per heavy atom. The van der Waals surface area contributed by atoms with Crippen molar-refractivity contribution in [2.24, 2.45) is 0 Å². The molecule has 0 aliphatic heterocycles. The van der Waals surface area contributed by atoms with Crippen LogP contribution >= 0.6 is 0 Å². The Balaban J connectivity index is 1.89. The summed E-state index contributed by atoms with van der Waals surface area (Å²) in [6.45, 7) is 0. The normalized spacial score (nSPS) is 13.2. The van der Waals surface area contributed by atoms with E-state index < -0.39 is 28.9 Å². The molecule has 1 saturated carbocycles. The molecular weight excluding hydrogens is 524 g/mol. The third kappa shape index (κ3) is 4.76. The molecule has 0 radical (unpaired) electrons. The number of carbonyl (C=O) groups is 1. The van der Waals surface area contributed by atoms with Crippen molar-refractivity contribution in [1.29, 1.82) is 5.26 Å². The van der Waals surface area contributed by atoms with E-state index in [9.17, 15) is 32.9 Å². The molecule has 0 saturated heterocycles. The Morgan fingerprint density at radius 3 is 2.41 bits per heavy atom. The zero-order valence-corrected chi connectivity index (χ0v) is 21.8. The molecular formula is C27H23BFN3O6S. The zero-order valence-electron chi connectivity index (χ0n) is 21.0. The van der Waals surface area contributed by atoms with E-state index in [1.165, 1.54) is 49.5 Å². The predicted octanol–water partition coefficient (Wildman–Crippen LogP) is 3.13. The van der Waals surface area contributed by atoms with Gasteiger partial charge in [-0.3, -0.25) is 4.79 Å². The van der Waals surface area contributed by atoms with Gasteiger partial charge in [-0.1, -0.05) is 12.1 Å². The first-order valence-corrected chi connectivity index (χ1v) is 13.9. The number of halogens is 1. The Labute approximate surface area is 224 Å². The Morgan fingerprint density at radius 1 is 1.15 bits per heavy atom. The van der Waals surface area contributed by atoms with Gasteiger partial charge in [0.25, 0.3) is 5.91 Å². The van der Waals surface area contributed by atoms with Gasteiger partial charge in [0.15, 0.2) is 0 Å². The number of fused-ring (bicyclic) bond motifs is 1. The number of hydrogen-bond acceptors (Lipinski definition) is 7. The van der Waals surface area contributed by atoms with Crippen LogP contribution in [0.2, 0.25) is 0 Å². The first-order valence-electron chi connectivity index (χ1n) is 12.0. The average Bonchev–Trinajstić information content (AvgIpc) is 3.67. The first-order chi connectivity index (χ1) is 18.5. The smallest absolute Gasteiger partial charge is 0.455 e. The predicted molar refractivity (Wildman–Crippen MR) is 145 cm³/mol. The summed E-state index contributed by atoms with van der Waals surface area (Å²) in [6.07, 6.45) is 2.63. The number of hydrogen-bond donors (Lipinski definition) is 3. The van der Waals surface area contributed by atoms with Gasteiger partial charge in [-0.05, 0) is 72.3 Å². The van der Waals surface area contributed by atoms with Crippen LogP contribution in [0.15, 0.2) is 59.0 Å². The van der Waals surface area contributed by atoms with Crippen LogP contribution in [0.5, 0.6) is 0 Å². The number of sulfonamides is 1. The monoisotopic (exact) mass is 547 g/mol. The van der Waals surface area contributed by atoms with Crippen molar-refractivity contribution in [2.75, 3.05) is 17.6 Å². The lowest BCUT2D eigenvalue weighted by atomic mass is 9.77. The summed E-state index contributed by atoms with van der Waals surface area (Å²) < 4.78 is 47.7. The van der Waals surface area contributed by atoms with Gasteiger partial charge in [0, 0.05) is 12.6 Å². The van der Waals surface area contributed by atoms with E-state index in [1.54, 1.807) is 12.1 Å². The number of carbonyl (C=O) groups excluding carboxylic acids is 1. The largest absolute Gasteiger partial charge is 0.489 e. The number of nitrogens with one attached hydrogen (secondary N) is 1. The number of nitrogens with zero attached hydrogens (tertiary/aromatic N) is 2. The Kier molecular flexibility index (Phi) is 6.68. The van der Waals surface area contributed by atoms with Crippen LogP contribution < -0.4 is 15.1 Å². The van der Waals surface area contributed by atoms with Gasteiger partial charge in [-0.2, -0.15) is 5.26 Å². The van der Waals surface area contributed by atoms with Gasteiger partial charge in [0.05, 0.1) is 40.2 Å². The molecule has 0 spiro atoms. The summed E-state index contributed by atoms with van der Waals surface area (Å²) in [6, 6.07) is 14.6. The van der Waals surface area contributed by atoms with Gasteiger partial charge < -0.3 is 19.8 Å². The van der Waals surface area contributed by atoms with Crippen molar-refractivity contribution >= 4 is 50.9 Å². The summed E-state index contributed by atoms with van der Waals surface area (Å²) in [4.78, 5) is 13.3. The lowest BCUT2D eigenvalue weighted by molar-refractivity contribution is 0.0964. The van der Waals surface area contributed by atoms with E-state index >= 15 is 0 Å². The number of rotatable bonds is 7. The molecule has 1 aliphatic rings. The number of nitriles is 1. The molecule has 3 aromatic carbocycles. The lowest BCUT2D eigenvalue weighted by Gasteiger charge is -2.27. The molecule has 39 heavy (non-hydrogen) atoms. The quantitative estimate of drug-likeness (QED) is 0.302. The van der Waals surface area contributed by atoms with Crippen LogP contribution in [0.25, 0.3) is 22.3 Å². The number of benzene rings is 3. The fourth-order valence-electron chi connectivity index (χ4n) is 4.76. The van der Waals surface area contributed by atoms with Gasteiger partial charge in [-0.15, -0.1) is 0 Å². The molecule has 9 nitrogen and oxygen atoms in total. The topological polar surface area (TPSA) is 144 Å². The summed E-state index contributed by atoms with van der Waals surface area (Å²) in [5.41, 5.74) is 1.48. The summed E-state index contributed by atoms with van der Waals surface area (Å²) in [7, 11) is -4.58. The van der Waals surface area contributed by atoms with Crippen LogP contribution in [-0.2, 0) is 10.0 Å². The van der Waals surface area contributed by atoms with E-state index in [0.29, 0.717) is 11.1 Å². The SMILES string of the molecule is CNC(=O)c1c(-c2ccc(F)cc2)oc2ccc(C3CC3)c(N(c3ccc(B(O)O)c(C#N)c3)S(C)(=O)=O)c12. The lowest BCUT2D eigenvalue weighted by Crippen LogP contribution is -2.33. The van der Waals surface area contributed by atoms with Crippen molar-refractivity contribution in [3.8, 4) is 17.4 Å². The second-order valence-corrected chi connectivity index (χ2v) is 11.2. The minimum absolute atomic E-state index is 0.0318. The molecule has 1 fully saturated rings. The minimum atomic E-state index is -4.08. The summed E-state index contributed by atoms with van der Waals surface area (Å²) in [5, 5.41) is 31.8. The third-order valence-corrected chi connectivity index (χ3v) is 7.70. The van der Waals surface area contributed by atoms with Crippen LogP contribution in [0.4, 0.5) is 15.8 Å². The van der Waals surface area contributed by atoms with E-state index in [2.05, 4.69) is 5.32 Å². The summed E-state index contributed by atoms with van der Waals surface area (Å²) >= 11 is 0. The van der Waals surface area contributed by atoms with E-state index in [-0.39, 0.29) is 50.6 Å². The molecule has 4 aromatic rings. The molecule has 1 aliphatic carbocycles. The van der Waals surface area contributed by atoms with Gasteiger partial charge in [-0.25, -0.2) is 17.1 Å². The first kappa shape index (κ1) is 26.4. The maximum Gasteiger partial charge on any atom is 0.489 e. The molecule has 3 N–H and O–H groups in total. The summed E-state index contributed by atoms with van der Waals surface area (Å²) in [5.74, 6) is -0.832. The fraction of sp³-hybridized carbons (Fsp3) is 0.185. The van der Waals surface area contributed by atoms with Crippen LogP contribution in [-0.4, -0.2) is 44.8 Å². The highest BCUT2D eigenvalue weighted by Crippen LogP contribution is 2.51. The number of amides is 1. The molecule has 0 atom stereocenters. The second kappa shape index (κ2) is 9.85. The van der Waals surface area contributed by atoms with Gasteiger partial charge in [0.1, 0.15) is 17.2 Å².